The molecule has 0 saturated heterocycles. The van der Waals surface area contributed by atoms with Gasteiger partial charge in [0.2, 0.25) is 5.95 Å². The average molecular weight is 540 g/mol. The first-order chi connectivity index (χ1) is 16.5. The number of fused-ring (bicyclic) bond motifs is 3. The molecule has 0 fully saturated rings. The first kappa shape index (κ1) is 21.2. The van der Waals surface area contributed by atoms with Crippen LogP contribution < -0.4 is 14.8 Å². The lowest BCUT2D eigenvalue weighted by atomic mass is 9.84. The molecule has 0 radical (unpaired) electrons. The molecule has 3 aromatic carbocycles. The standard InChI is InChI=1S/C25H17BrClFN4O2/c1-33-19-8-4-14(26)10-18(19)24-21-22(17-11-15(27)5-9-20(17)34-24)31-25-29-12-30-32(25)23(21)13-2-6-16(28)7-3-13/h2-12,23-24H,1H3,(H,29,30,31). The summed E-state index contributed by atoms with van der Waals surface area (Å²) in [6, 6.07) is 17.3. The minimum absolute atomic E-state index is 0.312. The van der Waals surface area contributed by atoms with Crippen molar-refractivity contribution in [3.05, 3.63) is 105 Å². The van der Waals surface area contributed by atoms with Crippen molar-refractivity contribution in [2.75, 3.05) is 12.4 Å². The topological polar surface area (TPSA) is 61.2 Å². The van der Waals surface area contributed by atoms with Gasteiger partial charge in [-0.2, -0.15) is 10.1 Å². The summed E-state index contributed by atoms with van der Waals surface area (Å²) in [5, 5.41) is 8.50. The maximum Gasteiger partial charge on any atom is 0.226 e. The van der Waals surface area contributed by atoms with Gasteiger partial charge < -0.3 is 14.8 Å². The zero-order chi connectivity index (χ0) is 23.4. The van der Waals surface area contributed by atoms with Gasteiger partial charge in [0.1, 0.15) is 29.7 Å². The number of nitrogens with one attached hydrogen (secondary N) is 1. The van der Waals surface area contributed by atoms with E-state index in [1.54, 1.807) is 30.0 Å². The number of rotatable bonds is 3. The van der Waals surface area contributed by atoms with Gasteiger partial charge in [0.15, 0.2) is 6.10 Å². The maximum absolute atomic E-state index is 13.8. The van der Waals surface area contributed by atoms with E-state index in [4.69, 9.17) is 21.1 Å². The second-order valence-corrected chi connectivity index (χ2v) is 9.31. The summed E-state index contributed by atoms with van der Waals surface area (Å²) in [6.45, 7) is 0. The number of hydrogen-bond donors (Lipinski definition) is 1. The molecule has 0 saturated carbocycles. The highest BCUT2D eigenvalue weighted by Crippen LogP contribution is 2.52. The molecule has 6 nitrogen and oxygen atoms in total. The van der Waals surface area contributed by atoms with Crippen molar-refractivity contribution in [2.24, 2.45) is 0 Å². The minimum Gasteiger partial charge on any atom is -0.496 e. The van der Waals surface area contributed by atoms with E-state index in [1.807, 2.05) is 30.3 Å². The SMILES string of the molecule is COc1ccc(Br)cc1C1Oc2ccc(Cl)cc2C2=C1C(c1ccc(F)cc1)n1ncnc1N2. The molecule has 2 atom stereocenters. The summed E-state index contributed by atoms with van der Waals surface area (Å²) >= 11 is 9.95. The van der Waals surface area contributed by atoms with Gasteiger partial charge in [-0.05, 0) is 54.1 Å². The molecule has 34 heavy (non-hydrogen) atoms. The number of anilines is 1. The third kappa shape index (κ3) is 3.36. The molecule has 2 unspecified atom stereocenters. The van der Waals surface area contributed by atoms with Crippen molar-refractivity contribution < 1.29 is 13.9 Å². The number of benzene rings is 3. The van der Waals surface area contributed by atoms with Gasteiger partial charge in [-0.15, -0.1) is 0 Å². The van der Waals surface area contributed by atoms with Crippen LogP contribution in [0.3, 0.4) is 0 Å². The zero-order valence-corrected chi connectivity index (χ0v) is 20.1. The monoisotopic (exact) mass is 538 g/mol. The van der Waals surface area contributed by atoms with Gasteiger partial charge in [-0.3, -0.25) is 0 Å². The molecule has 4 aromatic rings. The van der Waals surface area contributed by atoms with Crippen molar-refractivity contribution in [2.45, 2.75) is 12.1 Å². The van der Waals surface area contributed by atoms with E-state index in [0.29, 0.717) is 22.5 Å². The molecular formula is C25H17BrClFN4O2. The Kier molecular flexibility index (Phi) is 5.08. The Morgan fingerprint density at radius 1 is 1.12 bits per heavy atom. The van der Waals surface area contributed by atoms with Crippen molar-refractivity contribution in [3.8, 4) is 11.5 Å². The van der Waals surface area contributed by atoms with Crippen LogP contribution in [0, 0.1) is 5.82 Å². The second kappa shape index (κ2) is 8.14. The van der Waals surface area contributed by atoms with Crippen LogP contribution in [-0.2, 0) is 0 Å². The predicted molar refractivity (Wildman–Crippen MR) is 131 cm³/mol. The molecule has 170 valence electrons. The first-order valence-corrected chi connectivity index (χ1v) is 11.7. The van der Waals surface area contributed by atoms with Crippen LogP contribution in [0.4, 0.5) is 10.3 Å². The van der Waals surface area contributed by atoms with Gasteiger partial charge in [0.25, 0.3) is 0 Å². The lowest BCUT2D eigenvalue weighted by Gasteiger charge is -2.39. The molecular weight excluding hydrogens is 523 g/mol. The van der Waals surface area contributed by atoms with E-state index in [9.17, 15) is 4.39 Å². The minimum atomic E-state index is -0.531. The van der Waals surface area contributed by atoms with Crippen LogP contribution in [0.2, 0.25) is 5.02 Å². The summed E-state index contributed by atoms with van der Waals surface area (Å²) in [4.78, 5) is 4.41. The summed E-state index contributed by atoms with van der Waals surface area (Å²) in [6.07, 6.45) is 0.960. The van der Waals surface area contributed by atoms with Crippen LogP contribution in [0.5, 0.6) is 11.5 Å². The highest BCUT2D eigenvalue weighted by Gasteiger charge is 2.42. The maximum atomic E-state index is 13.8. The highest BCUT2D eigenvalue weighted by molar-refractivity contribution is 9.10. The van der Waals surface area contributed by atoms with E-state index >= 15 is 0 Å². The highest BCUT2D eigenvalue weighted by atomic mass is 79.9. The fourth-order valence-electron chi connectivity index (χ4n) is 4.58. The van der Waals surface area contributed by atoms with Gasteiger partial charge in [0, 0.05) is 26.2 Å². The Labute approximate surface area is 208 Å². The van der Waals surface area contributed by atoms with Crippen molar-refractivity contribution >= 4 is 39.2 Å². The summed E-state index contributed by atoms with van der Waals surface area (Å²) in [5.74, 6) is 1.61. The van der Waals surface area contributed by atoms with Gasteiger partial charge in [-0.25, -0.2) is 9.07 Å². The quantitative estimate of drug-likeness (QED) is 0.326. The van der Waals surface area contributed by atoms with Crippen LogP contribution in [0.15, 0.2) is 77.0 Å². The summed E-state index contributed by atoms with van der Waals surface area (Å²) in [7, 11) is 1.63. The van der Waals surface area contributed by atoms with Crippen molar-refractivity contribution in [1.82, 2.24) is 14.8 Å². The number of hydrogen-bond acceptors (Lipinski definition) is 5. The molecule has 3 heterocycles. The molecule has 6 rings (SSSR count). The lowest BCUT2D eigenvalue weighted by Crippen LogP contribution is -2.32. The van der Waals surface area contributed by atoms with Gasteiger partial charge in [-0.1, -0.05) is 39.7 Å². The van der Waals surface area contributed by atoms with Crippen LogP contribution in [0.1, 0.15) is 28.8 Å². The number of halogens is 3. The number of nitrogens with zero attached hydrogens (tertiary/aromatic N) is 3. The van der Waals surface area contributed by atoms with E-state index in [0.717, 1.165) is 32.4 Å². The van der Waals surface area contributed by atoms with Crippen molar-refractivity contribution in [1.29, 1.82) is 0 Å². The number of ether oxygens (including phenoxy) is 2. The van der Waals surface area contributed by atoms with Crippen LogP contribution in [-0.4, -0.2) is 21.9 Å². The van der Waals surface area contributed by atoms with Crippen LogP contribution >= 0.6 is 27.5 Å². The largest absolute Gasteiger partial charge is 0.496 e. The second-order valence-electron chi connectivity index (χ2n) is 7.96. The molecule has 1 aromatic heterocycles. The molecule has 9 heteroatoms. The Hall–Kier alpha value is -3.36. The van der Waals surface area contributed by atoms with Gasteiger partial charge in [0.05, 0.1) is 12.8 Å². The lowest BCUT2D eigenvalue weighted by molar-refractivity contribution is 0.217. The average Bonchev–Trinajstić information content (AvgIpc) is 3.31. The number of aromatic nitrogens is 3. The Bertz CT molecular complexity index is 1450. The fourth-order valence-corrected chi connectivity index (χ4v) is 5.13. The van der Waals surface area contributed by atoms with E-state index in [1.165, 1.54) is 18.5 Å². The van der Waals surface area contributed by atoms with E-state index in [2.05, 4.69) is 31.3 Å². The third-order valence-electron chi connectivity index (χ3n) is 6.04. The Balaban J connectivity index is 1.66. The summed E-state index contributed by atoms with van der Waals surface area (Å²) < 4.78 is 28.8. The molecule has 0 amide bonds. The normalized spacial score (nSPS) is 18.4. The van der Waals surface area contributed by atoms with E-state index in [-0.39, 0.29) is 5.82 Å². The zero-order valence-electron chi connectivity index (χ0n) is 17.8. The molecule has 0 bridgehead atoms. The Morgan fingerprint density at radius 2 is 1.94 bits per heavy atom. The van der Waals surface area contributed by atoms with Gasteiger partial charge >= 0.3 is 0 Å². The Morgan fingerprint density at radius 3 is 2.74 bits per heavy atom. The van der Waals surface area contributed by atoms with E-state index < -0.39 is 12.1 Å². The molecule has 0 aliphatic carbocycles. The smallest absolute Gasteiger partial charge is 0.226 e. The summed E-state index contributed by atoms with van der Waals surface area (Å²) in [5.41, 5.74) is 4.20. The molecule has 2 aliphatic rings. The molecule has 2 aliphatic heterocycles. The third-order valence-corrected chi connectivity index (χ3v) is 6.76. The van der Waals surface area contributed by atoms with Crippen molar-refractivity contribution in [3.63, 3.8) is 0 Å². The van der Waals surface area contributed by atoms with Crippen LogP contribution in [0.25, 0.3) is 5.70 Å². The first-order valence-electron chi connectivity index (χ1n) is 10.5. The molecule has 1 N–H and O–H groups in total. The predicted octanol–water partition coefficient (Wildman–Crippen LogP) is 6.40. The fraction of sp³-hybridized carbons (Fsp3) is 0.120. The molecule has 0 spiro atoms. The number of methoxy groups -OCH3 is 1.